The van der Waals surface area contributed by atoms with Crippen molar-refractivity contribution >= 4 is 17.7 Å². The predicted molar refractivity (Wildman–Crippen MR) is 78.0 cm³/mol. The van der Waals surface area contributed by atoms with Gasteiger partial charge < -0.3 is 10.4 Å². The first kappa shape index (κ1) is 14.3. The normalized spacial score (nSPS) is 20.1. The minimum Gasteiger partial charge on any atom is -0.481 e. The molecule has 22 heavy (non-hydrogen) atoms. The Kier molecular flexibility index (Phi) is 3.44. The van der Waals surface area contributed by atoms with E-state index in [4.69, 9.17) is 5.11 Å². The van der Waals surface area contributed by atoms with Gasteiger partial charge in [0.15, 0.2) is 5.78 Å². The summed E-state index contributed by atoms with van der Waals surface area (Å²) in [5.41, 5.74) is 1.76. The monoisotopic (exact) mass is 300 g/mol. The highest BCUT2D eigenvalue weighted by Gasteiger charge is 2.45. The number of amides is 1. The van der Waals surface area contributed by atoms with Crippen LogP contribution >= 0.6 is 0 Å². The average molecular weight is 300 g/mol. The van der Waals surface area contributed by atoms with Gasteiger partial charge in [0, 0.05) is 18.7 Å². The van der Waals surface area contributed by atoms with Crippen LogP contribution < -0.4 is 5.32 Å². The highest BCUT2D eigenvalue weighted by molar-refractivity contribution is 6.15. The lowest BCUT2D eigenvalue weighted by atomic mass is 9.90. The summed E-state index contributed by atoms with van der Waals surface area (Å²) in [4.78, 5) is 37.6. The van der Waals surface area contributed by atoms with Crippen LogP contribution in [0.1, 0.15) is 22.3 Å². The lowest BCUT2D eigenvalue weighted by molar-refractivity contribution is -0.141. The second-order valence-electron chi connectivity index (χ2n) is 5.52. The minimum absolute atomic E-state index is 0.272. The van der Waals surface area contributed by atoms with Gasteiger partial charge in [0.2, 0.25) is 5.91 Å². The molecule has 0 spiro atoms. The Balaban J connectivity index is 2.02. The highest BCUT2D eigenvalue weighted by Crippen LogP contribution is 2.34. The van der Waals surface area contributed by atoms with E-state index in [0.29, 0.717) is 24.5 Å². The van der Waals surface area contributed by atoms with E-state index in [1.807, 2.05) is 19.1 Å². The molecule has 1 aromatic carbocycles. The maximum atomic E-state index is 12.8. The number of ketones is 1. The Bertz CT molecular complexity index is 691. The number of rotatable bonds is 4. The molecule has 0 aliphatic carbocycles. The number of hydrogen-bond acceptors (Lipinski definition) is 4. The highest BCUT2D eigenvalue weighted by atomic mass is 16.4. The van der Waals surface area contributed by atoms with Crippen LogP contribution in [0.2, 0.25) is 0 Å². The lowest BCUT2D eigenvalue weighted by Gasteiger charge is -2.12. The van der Waals surface area contributed by atoms with Crippen LogP contribution in [0.25, 0.3) is 0 Å². The number of fused-ring (bicyclic) bond motifs is 1. The topological polar surface area (TPSA) is 86.7 Å². The van der Waals surface area contributed by atoms with Crippen molar-refractivity contribution in [1.29, 1.82) is 0 Å². The molecule has 6 heteroatoms. The predicted octanol–water partition coefficient (Wildman–Crippen LogP) is 0.926. The average Bonchev–Trinajstić information content (AvgIpc) is 3.03. The maximum absolute atomic E-state index is 12.8. The summed E-state index contributed by atoms with van der Waals surface area (Å²) in [5.74, 6) is -2.12. The lowest BCUT2D eigenvalue weighted by Crippen LogP contribution is -2.29. The number of Topliss-reactive ketones (excluding diaryl/α,β-unsaturated/α-hetero) is 1. The first-order valence-corrected chi connectivity index (χ1v) is 7.11. The number of nitrogens with zero attached hydrogens (tertiary/aromatic N) is 1. The smallest absolute Gasteiger partial charge is 0.304 e. The fourth-order valence-electron chi connectivity index (χ4n) is 2.92. The van der Waals surface area contributed by atoms with Crippen molar-refractivity contribution in [3.8, 4) is 0 Å². The van der Waals surface area contributed by atoms with Gasteiger partial charge in [-0.25, -0.2) is 0 Å². The van der Waals surface area contributed by atoms with Gasteiger partial charge in [-0.2, -0.15) is 0 Å². The number of benzene rings is 1. The Labute approximate surface area is 127 Å². The third kappa shape index (κ3) is 2.26. The molecule has 2 N–H and O–H groups in total. The van der Waals surface area contributed by atoms with Crippen molar-refractivity contribution in [2.24, 2.45) is 5.92 Å². The Morgan fingerprint density at radius 1 is 1.32 bits per heavy atom. The number of carboxylic acids is 1. The zero-order valence-corrected chi connectivity index (χ0v) is 12.1. The molecule has 1 atom stereocenters. The zero-order valence-electron chi connectivity index (χ0n) is 12.1. The maximum Gasteiger partial charge on any atom is 0.304 e. The minimum atomic E-state index is -1.09. The van der Waals surface area contributed by atoms with E-state index < -0.39 is 11.9 Å². The van der Waals surface area contributed by atoms with Crippen LogP contribution in [0.4, 0.5) is 0 Å². The number of hydrogen-bond donors (Lipinski definition) is 2. The molecule has 2 heterocycles. The van der Waals surface area contributed by atoms with Crippen LogP contribution in [0.5, 0.6) is 0 Å². The summed E-state index contributed by atoms with van der Waals surface area (Å²) in [6.07, 6.45) is -0.368. The van der Waals surface area contributed by atoms with Gasteiger partial charge in [-0.15, -0.1) is 0 Å². The van der Waals surface area contributed by atoms with Gasteiger partial charge >= 0.3 is 5.97 Å². The van der Waals surface area contributed by atoms with Crippen LogP contribution in [0.15, 0.2) is 35.7 Å². The molecule has 6 nitrogen and oxygen atoms in total. The van der Waals surface area contributed by atoms with Crippen LogP contribution in [-0.4, -0.2) is 40.8 Å². The third-order valence-corrected chi connectivity index (χ3v) is 4.00. The molecule has 3 rings (SSSR count). The summed E-state index contributed by atoms with van der Waals surface area (Å²) < 4.78 is 0. The first-order chi connectivity index (χ1) is 10.5. The quantitative estimate of drug-likeness (QED) is 0.808. The number of nitrogens with one attached hydrogen (secondary N) is 1. The van der Waals surface area contributed by atoms with Crippen molar-refractivity contribution < 1.29 is 19.5 Å². The number of carboxylic acid groups (broad SMARTS) is 1. The molecule has 2 aliphatic heterocycles. The van der Waals surface area contributed by atoms with Crippen molar-refractivity contribution in [3.63, 3.8) is 0 Å². The molecule has 0 aromatic heterocycles. The number of carbonyl (C=O) groups is 3. The van der Waals surface area contributed by atoms with Gasteiger partial charge in [-0.1, -0.05) is 29.8 Å². The molecule has 0 radical (unpaired) electrons. The van der Waals surface area contributed by atoms with Crippen LogP contribution in [0, 0.1) is 12.8 Å². The Morgan fingerprint density at radius 3 is 2.64 bits per heavy atom. The van der Waals surface area contributed by atoms with Gasteiger partial charge in [0.1, 0.15) is 5.82 Å². The molecule has 0 bridgehead atoms. The van der Waals surface area contributed by atoms with E-state index in [-0.39, 0.29) is 23.7 Å². The second kappa shape index (κ2) is 5.29. The van der Waals surface area contributed by atoms with Gasteiger partial charge in [0.05, 0.1) is 17.9 Å². The largest absolute Gasteiger partial charge is 0.481 e. The molecule has 2 aliphatic rings. The fraction of sp³-hybridized carbons (Fsp3) is 0.312. The first-order valence-electron chi connectivity index (χ1n) is 7.11. The molecule has 0 saturated carbocycles. The van der Waals surface area contributed by atoms with E-state index in [0.717, 1.165) is 5.56 Å². The molecule has 1 aromatic rings. The van der Waals surface area contributed by atoms with Gasteiger partial charge in [0.25, 0.3) is 0 Å². The summed E-state index contributed by atoms with van der Waals surface area (Å²) in [5, 5.41) is 12.1. The molecule has 114 valence electrons. The SMILES string of the molecule is Cc1ccc(C(=O)C2=C3NCCN3C(=O)[C@H]2CC(=O)O)cc1. The van der Waals surface area contributed by atoms with Crippen molar-refractivity contribution in [3.05, 3.63) is 46.8 Å². The third-order valence-electron chi connectivity index (χ3n) is 4.00. The molecular weight excluding hydrogens is 284 g/mol. The molecule has 1 fully saturated rings. The van der Waals surface area contributed by atoms with E-state index in [2.05, 4.69) is 5.32 Å². The standard InChI is InChI=1S/C16H16N2O4/c1-9-2-4-10(5-3-9)14(21)13-11(8-12(19)20)16(22)18-7-6-17-15(13)18/h2-5,11,17H,6-8H2,1H3,(H,19,20)/t11-/m0/s1. The van der Waals surface area contributed by atoms with Gasteiger partial charge in [-0.05, 0) is 6.92 Å². The van der Waals surface area contributed by atoms with Crippen molar-refractivity contribution in [1.82, 2.24) is 10.2 Å². The van der Waals surface area contributed by atoms with E-state index in [9.17, 15) is 14.4 Å². The Hall–Kier alpha value is -2.63. The van der Waals surface area contributed by atoms with Crippen molar-refractivity contribution in [2.45, 2.75) is 13.3 Å². The van der Waals surface area contributed by atoms with E-state index in [1.54, 1.807) is 12.1 Å². The number of aliphatic carboxylic acids is 1. The molecule has 1 saturated heterocycles. The summed E-state index contributed by atoms with van der Waals surface area (Å²) >= 11 is 0. The van der Waals surface area contributed by atoms with Crippen LogP contribution in [-0.2, 0) is 9.59 Å². The van der Waals surface area contributed by atoms with Crippen molar-refractivity contribution in [2.75, 3.05) is 13.1 Å². The molecular formula is C16H16N2O4. The molecule has 0 unspecified atom stereocenters. The number of aryl methyl sites for hydroxylation is 1. The molecule has 1 amide bonds. The van der Waals surface area contributed by atoms with E-state index >= 15 is 0 Å². The Morgan fingerprint density at radius 2 is 2.00 bits per heavy atom. The van der Waals surface area contributed by atoms with E-state index in [1.165, 1.54) is 4.90 Å². The second-order valence-corrected chi connectivity index (χ2v) is 5.52. The summed E-state index contributed by atoms with van der Waals surface area (Å²) in [7, 11) is 0. The zero-order chi connectivity index (χ0) is 15.9. The summed E-state index contributed by atoms with van der Waals surface area (Å²) in [6.45, 7) is 2.96. The van der Waals surface area contributed by atoms with Gasteiger partial charge in [-0.3, -0.25) is 19.3 Å². The fourth-order valence-corrected chi connectivity index (χ4v) is 2.92. The summed E-state index contributed by atoms with van der Waals surface area (Å²) in [6, 6.07) is 7.04. The van der Waals surface area contributed by atoms with Crippen LogP contribution in [0.3, 0.4) is 0 Å². The number of carbonyl (C=O) groups excluding carboxylic acids is 2.